The monoisotopic (exact) mass is 274 g/mol. The van der Waals surface area contributed by atoms with Crippen molar-refractivity contribution in [2.45, 2.75) is 38.3 Å². The Bertz CT molecular complexity index is 540. The van der Waals surface area contributed by atoms with Crippen molar-refractivity contribution in [1.82, 2.24) is 5.32 Å². The van der Waals surface area contributed by atoms with Crippen molar-refractivity contribution in [3.63, 3.8) is 0 Å². The summed E-state index contributed by atoms with van der Waals surface area (Å²) < 4.78 is 5.68. The van der Waals surface area contributed by atoms with Crippen molar-refractivity contribution in [2.75, 3.05) is 11.4 Å². The number of nitrogens with zero attached hydrogens (tertiary/aromatic N) is 1. The highest BCUT2D eigenvalue weighted by atomic mass is 16.5. The van der Waals surface area contributed by atoms with E-state index in [1.54, 1.807) is 0 Å². The van der Waals surface area contributed by atoms with Crippen LogP contribution in [-0.2, 0) is 9.59 Å². The molecule has 2 amide bonds. The molecule has 0 unspecified atom stereocenters. The van der Waals surface area contributed by atoms with Crippen LogP contribution in [-0.4, -0.2) is 30.5 Å². The topological polar surface area (TPSA) is 58.6 Å². The summed E-state index contributed by atoms with van der Waals surface area (Å²) in [4.78, 5) is 25.9. The van der Waals surface area contributed by atoms with Gasteiger partial charge in [0.2, 0.25) is 5.91 Å². The van der Waals surface area contributed by atoms with Crippen molar-refractivity contribution >= 4 is 17.5 Å². The zero-order valence-corrected chi connectivity index (χ0v) is 11.5. The van der Waals surface area contributed by atoms with E-state index in [4.69, 9.17) is 4.74 Å². The molecule has 3 rings (SSSR count). The maximum Gasteiger partial charge on any atom is 0.268 e. The molecular weight excluding hydrogens is 256 g/mol. The first-order valence-electron chi connectivity index (χ1n) is 7.05. The number of amides is 2. The smallest absolute Gasteiger partial charge is 0.268 e. The van der Waals surface area contributed by atoms with Crippen LogP contribution in [0.3, 0.4) is 0 Å². The maximum absolute atomic E-state index is 12.4. The highest BCUT2D eigenvalue weighted by Crippen LogP contribution is 2.34. The van der Waals surface area contributed by atoms with Crippen LogP contribution >= 0.6 is 0 Å². The van der Waals surface area contributed by atoms with Gasteiger partial charge < -0.3 is 10.1 Å². The molecule has 5 heteroatoms. The van der Waals surface area contributed by atoms with Gasteiger partial charge in [0.1, 0.15) is 12.3 Å². The number of anilines is 1. The second-order valence-corrected chi connectivity index (χ2v) is 5.25. The fourth-order valence-electron chi connectivity index (χ4n) is 2.34. The van der Waals surface area contributed by atoms with Gasteiger partial charge in [-0.2, -0.15) is 0 Å². The molecular formula is C15H18N2O3. The molecule has 1 saturated carbocycles. The predicted molar refractivity (Wildman–Crippen MR) is 74.7 cm³/mol. The minimum absolute atomic E-state index is 0.0617. The third-order valence-electron chi connectivity index (χ3n) is 3.58. The minimum atomic E-state index is -0.501. The molecule has 5 nitrogen and oxygen atoms in total. The summed E-state index contributed by atoms with van der Waals surface area (Å²) in [7, 11) is 0. The fourth-order valence-corrected chi connectivity index (χ4v) is 2.34. The van der Waals surface area contributed by atoms with E-state index in [1.807, 2.05) is 31.2 Å². The summed E-state index contributed by atoms with van der Waals surface area (Å²) in [5.41, 5.74) is 0.674. The average molecular weight is 274 g/mol. The lowest BCUT2D eigenvalue weighted by atomic mass is 10.1. The second kappa shape index (κ2) is 5.15. The minimum Gasteiger partial charge on any atom is -0.478 e. The lowest BCUT2D eigenvalue weighted by molar-refractivity contribution is -0.129. The van der Waals surface area contributed by atoms with Crippen molar-refractivity contribution in [3.8, 4) is 5.75 Å². The summed E-state index contributed by atoms with van der Waals surface area (Å²) in [6.07, 6.45) is 2.17. The number of rotatable bonds is 4. The van der Waals surface area contributed by atoms with E-state index in [0.717, 1.165) is 12.8 Å². The number of hydrogen-bond donors (Lipinski definition) is 1. The SMILES string of the molecule is CC[C@@H]1Oc2ccccc2N(CC(=O)NC2CC2)C1=O. The highest BCUT2D eigenvalue weighted by Gasteiger charge is 2.34. The molecule has 1 aromatic carbocycles. The van der Waals surface area contributed by atoms with Crippen LogP contribution in [0.1, 0.15) is 26.2 Å². The lowest BCUT2D eigenvalue weighted by Crippen LogP contribution is -2.49. The number of benzene rings is 1. The summed E-state index contributed by atoms with van der Waals surface area (Å²) in [5, 5.41) is 2.91. The number of para-hydroxylation sites is 2. The van der Waals surface area contributed by atoms with Gasteiger partial charge in [-0.3, -0.25) is 14.5 Å². The molecule has 2 aliphatic rings. The Labute approximate surface area is 117 Å². The molecule has 0 spiro atoms. The van der Waals surface area contributed by atoms with E-state index in [0.29, 0.717) is 23.9 Å². The fraction of sp³-hybridized carbons (Fsp3) is 0.467. The van der Waals surface area contributed by atoms with Gasteiger partial charge in [0.15, 0.2) is 6.10 Å². The lowest BCUT2D eigenvalue weighted by Gasteiger charge is -2.33. The van der Waals surface area contributed by atoms with E-state index in [1.165, 1.54) is 4.90 Å². The molecule has 1 N–H and O–H groups in total. The molecule has 0 saturated heterocycles. The number of ether oxygens (including phenoxy) is 1. The van der Waals surface area contributed by atoms with Gasteiger partial charge in [-0.15, -0.1) is 0 Å². The largest absolute Gasteiger partial charge is 0.478 e. The number of hydrogen-bond acceptors (Lipinski definition) is 3. The number of carbonyl (C=O) groups excluding carboxylic acids is 2. The summed E-state index contributed by atoms with van der Waals surface area (Å²) >= 11 is 0. The van der Waals surface area contributed by atoms with E-state index in [9.17, 15) is 9.59 Å². The van der Waals surface area contributed by atoms with Crippen LogP contribution in [0.2, 0.25) is 0 Å². The van der Waals surface area contributed by atoms with Crippen molar-refractivity contribution < 1.29 is 14.3 Å². The Hall–Kier alpha value is -2.04. The van der Waals surface area contributed by atoms with Gasteiger partial charge in [0.05, 0.1) is 5.69 Å². The zero-order valence-electron chi connectivity index (χ0n) is 11.5. The normalized spacial score (nSPS) is 21.1. The first kappa shape index (κ1) is 13.0. The Morgan fingerprint density at radius 1 is 1.40 bits per heavy atom. The van der Waals surface area contributed by atoms with E-state index in [-0.39, 0.29) is 18.4 Å². The zero-order chi connectivity index (χ0) is 14.1. The molecule has 1 fully saturated rings. The molecule has 1 atom stereocenters. The Morgan fingerprint density at radius 3 is 2.85 bits per heavy atom. The summed E-state index contributed by atoms with van der Waals surface area (Å²) in [6, 6.07) is 7.65. The van der Waals surface area contributed by atoms with Gasteiger partial charge in [-0.05, 0) is 31.4 Å². The molecule has 0 aromatic heterocycles. The van der Waals surface area contributed by atoms with Gasteiger partial charge in [-0.25, -0.2) is 0 Å². The summed E-state index contributed by atoms with van der Waals surface area (Å²) in [5.74, 6) is 0.419. The van der Waals surface area contributed by atoms with Crippen LogP contribution in [0.5, 0.6) is 5.75 Å². The van der Waals surface area contributed by atoms with Crippen molar-refractivity contribution in [1.29, 1.82) is 0 Å². The average Bonchev–Trinajstić information content (AvgIpc) is 3.25. The second-order valence-electron chi connectivity index (χ2n) is 5.25. The molecule has 0 bridgehead atoms. The van der Waals surface area contributed by atoms with Gasteiger partial charge >= 0.3 is 0 Å². The first-order chi connectivity index (χ1) is 9.69. The van der Waals surface area contributed by atoms with Crippen LogP contribution in [0, 0.1) is 0 Å². The molecule has 1 aromatic rings. The van der Waals surface area contributed by atoms with Crippen LogP contribution in [0.15, 0.2) is 24.3 Å². The maximum atomic E-state index is 12.4. The molecule has 1 aliphatic carbocycles. The van der Waals surface area contributed by atoms with Gasteiger partial charge in [0.25, 0.3) is 5.91 Å². The van der Waals surface area contributed by atoms with E-state index < -0.39 is 6.10 Å². The third kappa shape index (κ3) is 2.48. The van der Waals surface area contributed by atoms with Crippen molar-refractivity contribution in [3.05, 3.63) is 24.3 Å². The molecule has 0 radical (unpaired) electrons. The quantitative estimate of drug-likeness (QED) is 0.904. The first-order valence-corrected chi connectivity index (χ1v) is 7.05. The van der Waals surface area contributed by atoms with E-state index in [2.05, 4.69) is 5.32 Å². The standard InChI is InChI=1S/C15H18N2O3/c1-2-12-15(19)17(9-14(18)16-10-7-8-10)11-5-3-4-6-13(11)20-12/h3-6,10,12H,2,7-9H2,1H3,(H,16,18)/t12-/m0/s1. The third-order valence-corrected chi connectivity index (χ3v) is 3.58. The molecule has 20 heavy (non-hydrogen) atoms. The molecule has 1 aliphatic heterocycles. The highest BCUT2D eigenvalue weighted by molar-refractivity contribution is 6.03. The Kier molecular flexibility index (Phi) is 3.34. The Morgan fingerprint density at radius 2 is 2.15 bits per heavy atom. The summed E-state index contributed by atoms with van der Waals surface area (Å²) in [6.45, 7) is 1.96. The molecule has 106 valence electrons. The van der Waals surface area contributed by atoms with Crippen LogP contribution in [0.4, 0.5) is 5.69 Å². The Balaban J connectivity index is 1.82. The van der Waals surface area contributed by atoms with Crippen LogP contribution < -0.4 is 15.0 Å². The van der Waals surface area contributed by atoms with Gasteiger partial charge in [0, 0.05) is 6.04 Å². The van der Waals surface area contributed by atoms with E-state index >= 15 is 0 Å². The van der Waals surface area contributed by atoms with Gasteiger partial charge in [-0.1, -0.05) is 19.1 Å². The van der Waals surface area contributed by atoms with Crippen molar-refractivity contribution in [2.24, 2.45) is 0 Å². The predicted octanol–water partition coefficient (Wildman–Crippen LogP) is 1.47. The number of carbonyl (C=O) groups is 2. The number of nitrogens with one attached hydrogen (secondary N) is 1. The number of fused-ring (bicyclic) bond motifs is 1. The molecule has 1 heterocycles. The van der Waals surface area contributed by atoms with Crippen LogP contribution in [0.25, 0.3) is 0 Å².